The standard InChI is InChI=1S/C39H57N3O10.C38H55N3O9/c1-24(17-13-10-11-14-18-28-22-42-27(4)51-28)34(45)37(5,6)35(46)41-20-16-12-15-19-29(43)25(2)21-30(50-9)39(48)26(3)32(44)33(40-7)38(39)31(23-49-8)52-36(38)47;1-23(17-13-10-11-14-18-28-22-41-27(5)50-28)33(44)36(6,7)34(45)40-20-16-12-15-19-29(42)24(2)21-30(48-9)38(47)25(3)31(43)32(39-8)37(38)26(4)49-35(37)46/h10-17,19,22,25-26,29-31,33-34,40,43,45,48H,18,20-21,23H2,1-9H3,(H,41,46);10-17,19,22,24-26,29-30,32-33,39,42,44,47H,18,20-21H2,1-9H3,(H,40,45). The average Bonchev–Trinajstić information content (AvgIpc) is 1.45. The normalized spacial score (nSPS) is 28.2. The SMILES string of the molecule is CNC1C(=O)C(C)C(O)(C(CC(C)C(O)C=CC=CCNC(=O)C(C)(C)C(O)C(C)=CC=CC=CCc2cnc(C)o2)OC)C12C(=O)OC2C.CNC1C(=O)C(C)C(O)(C(CC(C)C(O)C=CC=CCNC(=O)C(C)(C)C(O)C(C)=CC=CC=CCc2cnc(C)o2)OC)C12C(=O)OC2COC. The highest BCUT2D eigenvalue weighted by Gasteiger charge is 2.83. The molecule has 2 aromatic rings. The van der Waals surface area contributed by atoms with E-state index in [9.17, 15) is 59.4 Å². The first-order valence-electron chi connectivity index (χ1n) is 34.7. The number of likely N-dealkylation sites (N-methyl/N-ethyl adjacent to an activating group) is 2. The number of cyclic esters (lactones) is 2. The predicted octanol–water partition coefficient (Wildman–Crippen LogP) is 5.77. The van der Waals surface area contributed by atoms with Crippen molar-refractivity contribution in [2.45, 2.75) is 188 Å². The first-order chi connectivity index (χ1) is 48.1. The Morgan fingerprint density at radius 2 is 0.971 bits per heavy atom. The van der Waals surface area contributed by atoms with Crippen molar-refractivity contribution in [3.05, 3.63) is 156 Å². The summed E-state index contributed by atoms with van der Waals surface area (Å²) in [6.45, 7) is 22.6. The minimum absolute atomic E-state index is 0.00616. The number of nitrogens with zero attached hydrogens (tertiary/aromatic N) is 2. The smallest absolute Gasteiger partial charge is 0.321 e. The second-order valence-electron chi connectivity index (χ2n) is 28.2. The van der Waals surface area contributed by atoms with Crippen molar-refractivity contribution in [1.82, 2.24) is 31.2 Å². The summed E-state index contributed by atoms with van der Waals surface area (Å²) in [5, 5.41) is 79.5. The third-order valence-corrected chi connectivity index (χ3v) is 20.8. The van der Waals surface area contributed by atoms with Crippen LogP contribution in [0.1, 0.15) is 112 Å². The lowest BCUT2D eigenvalue weighted by atomic mass is 9.60. The molecular weight excluding hydrogens is 1310 g/mol. The summed E-state index contributed by atoms with van der Waals surface area (Å²) in [6.07, 6.45) is 29.1. The molecule has 2 saturated heterocycles. The van der Waals surface area contributed by atoms with Gasteiger partial charge < -0.3 is 84.4 Å². The van der Waals surface area contributed by atoms with Gasteiger partial charge in [0.1, 0.15) is 34.9 Å². The molecule has 6 rings (SSSR count). The number of hydrogen-bond donors (Lipinski definition) is 10. The van der Waals surface area contributed by atoms with Gasteiger partial charge in [0.2, 0.25) is 11.8 Å². The second-order valence-corrected chi connectivity index (χ2v) is 28.2. The van der Waals surface area contributed by atoms with Crippen LogP contribution in [-0.2, 0) is 65.3 Å². The van der Waals surface area contributed by atoms with Crippen LogP contribution in [0.5, 0.6) is 0 Å². The molecule has 564 valence electrons. The van der Waals surface area contributed by atoms with Crippen LogP contribution in [0.3, 0.4) is 0 Å². The van der Waals surface area contributed by atoms with Gasteiger partial charge in [-0.25, -0.2) is 9.97 Å². The molecule has 4 fully saturated rings. The van der Waals surface area contributed by atoms with Gasteiger partial charge in [0.15, 0.2) is 34.2 Å². The van der Waals surface area contributed by atoms with E-state index in [0.29, 0.717) is 35.8 Å². The van der Waals surface area contributed by atoms with Crippen LogP contribution in [-0.4, -0.2) is 203 Å². The van der Waals surface area contributed by atoms with E-state index in [4.69, 9.17) is 32.5 Å². The number of aliphatic hydroxyl groups is 6. The number of oxazole rings is 2. The lowest BCUT2D eigenvalue weighted by molar-refractivity contribution is -0.277. The van der Waals surface area contributed by atoms with Gasteiger partial charge >= 0.3 is 11.9 Å². The number of ether oxygens (including phenoxy) is 5. The maximum absolute atomic E-state index is 13.3. The highest BCUT2D eigenvalue weighted by Crippen LogP contribution is 2.61. The zero-order chi connectivity index (χ0) is 76.3. The van der Waals surface area contributed by atoms with E-state index in [2.05, 4.69) is 31.2 Å². The molecule has 0 radical (unpaired) electrons. The molecule has 2 amide bonds. The number of carbonyl (C=O) groups is 6. The number of allylic oxidation sites excluding steroid dienone is 14. The predicted molar refractivity (Wildman–Crippen MR) is 383 cm³/mol. The molecule has 18 atom stereocenters. The van der Waals surface area contributed by atoms with Crippen LogP contribution >= 0.6 is 0 Å². The molecule has 0 bridgehead atoms. The molecule has 102 heavy (non-hydrogen) atoms. The molecule has 4 aliphatic rings. The molecule has 18 unspecified atom stereocenters. The molecule has 2 aromatic heterocycles. The molecule has 2 aliphatic heterocycles. The molecular formula is C77H112N6O19. The summed E-state index contributed by atoms with van der Waals surface area (Å²) in [6, 6.07) is -1.92. The Morgan fingerprint density at radius 3 is 1.31 bits per heavy atom. The van der Waals surface area contributed by atoms with Crippen LogP contribution in [0, 0.1) is 59.2 Å². The van der Waals surface area contributed by atoms with Gasteiger partial charge in [0, 0.05) is 72.9 Å². The van der Waals surface area contributed by atoms with Crippen molar-refractivity contribution in [1.29, 1.82) is 0 Å². The van der Waals surface area contributed by atoms with Crippen LogP contribution in [0.15, 0.2) is 142 Å². The van der Waals surface area contributed by atoms with E-state index >= 15 is 0 Å². The zero-order valence-electron chi connectivity index (χ0n) is 62.5. The topological polar surface area (TPSA) is 370 Å². The van der Waals surface area contributed by atoms with E-state index in [1.807, 2.05) is 36.5 Å². The van der Waals surface area contributed by atoms with Crippen molar-refractivity contribution in [2.75, 3.05) is 55.1 Å². The highest BCUT2D eigenvalue weighted by atomic mass is 16.6. The van der Waals surface area contributed by atoms with E-state index in [0.717, 1.165) is 11.5 Å². The van der Waals surface area contributed by atoms with Gasteiger partial charge in [0.25, 0.3) is 0 Å². The third kappa shape index (κ3) is 18.0. The number of carbonyl (C=O) groups excluding carboxylic acids is 6. The zero-order valence-corrected chi connectivity index (χ0v) is 62.5. The first kappa shape index (κ1) is 85.2. The molecule has 10 N–H and O–H groups in total. The lowest BCUT2D eigenvalue weighted by Gasteiger charge is -2.56. The Labute approximate surface area is 600 Å². The monoisotopic (exact) mass is 1420 g/mol. The van der Waals surface area contributed by atoms with Gasteiger partial charge in [-0.05, 0) is 98.4 Å². The molecule has 25 heteroatoms. The van der Waals surface area contributed by atoms with Gasteiger partial charge in [-0.2, -0.15) is 0 Å². The summed E-state index contributed by atoms with van der Waals surface area (Å²) in [5.41, 5.74) is -7.81. The number of ketones is 2. The molecule has 2 saturated carbocycles. The number of Topliss-reactive ketones (excluding diaryl/α,β-unsaturated/α-hetero) is 2. The van der Waals surface area contributed by atoms with E-state index in [1.165, 1.54) is 21.3 Å². The van der Waals surface area contributed by atoms with Crippen molar-refractivity contribution < 1.29 is 91.9 Å². The van der Waals surface area contributed by atoms with Gasteiger partial charge in [0.05, 0.1) is 78.5 Å². The average molecular weight is 1430 g/mol. The van der Waals surface area contributed by atoms with Crippen molar-refractivity contribution in [2.24, 2.45) is 45.3 Å². The number of aryl methyl sites for hydroxylation is 2. The number of hydrogen-bond acceptors (Lipinski definition) is 23. The fourth-order valence-electron chi connectivity index (χ4n) is 14.4. The fourth-order valence-corrected chi connectivity index (χ4v) is 14.4. The number of rotatable bonds is 36. The summed E-state index contributed by atoms with van der Waals surface area (Å²) in [4.78, 5) is 86.6. The van der Waals surface area contributed by atoms with Gasteiger partial charge in [-0.15, -0.1) is 0 Å². The van der Waals surface area contributed by atoms with Crippen LogP contribution in [0.2, 0.25) is 0 Å². The minimum Gasteiger partial charge on any atom is -0.461 e. The quantitative estimate of drug-likeness (QED) is 0.0286. The molecule has 0 aromatic carbocycles. The number of aromatic nitrogens is 2. The second kappa shape index (κ2) is 37.3. The van der Waals surface area contributed by atoms with Crippen molar-refractivity contribution in [3.63, 3.8) is 0 Å². The number of methoxy groups -OCH3 is 3. The number of nitrogens with one attached hydrogen (secondary N) is 4. The summed E-state index contributed by atoms with van der Waals surface area (Å²) in [5.74, 6) is -2.54. The van der Waals surface area contributed by atoms with Crippen LogP contribution in [0.4, 0.5) is 0 Å². The number of amides is 2. The fraction of sp³-hybridized carbons (Fsp3) is 0.584. The minimum atomic E-state index is -1.93. The lowest BCUT2D eigenvalue weighted by Crippen LogP contribution is -2.77. The van der Waals surface area contributed by atoms with Gasteiger partial charge in [-0.1, -0.05) is 137 Å². The number of esters is 2. The van der Waals surface area contributed by atoms with Gasteiger partial charge in [-0.3, -0.25) is 28.8 Å². The Balaban J connectivity index is 0.000000367. The Bertz CT molecular complexity index is 3500. The summed E-state index contributed by atoms with van der Waals surface area (Å²) in [7, 11) is 7.40. The highest BCUT2D eigenvalue weighted by molar-refractivity contribution is 6.03. The molecule has 2 spiro atoms. The Hall–Kier alpha value is -7.40. The van der Waals surface area contributed by atoms with E-state index in [-0.39, 0.29) is 55.9 Å². The summed E-state index contributed by atoms with van der Waals surface area (Å²) < 4.78 is 38.2. The third-order valence-electron chi connectivity index (χ3n) is 20.8. The van der Waals surface area contributed by atoms with E-state index in [1.54, 1.807) is 189 Å². The maximum Gasteiger partial charge on any atom is 0.321 e. The van der Waals surface area contributed by atoms with Crippen molar-refractivity contribution >= 4 is 35.3 Å². The number of aliphatic hydroxyl groups excluding tert-OH is 4. The van der Waals surface area contributed by atoms with Crippen molar-refractivity contribution in [3.8, 4) is 0 Å². The molecule has 25 nitrogen and oxygen atoms in total. The summed E-state index contributed by atoms with van der Waals surface area (Å²) >= 11 is 0. The molecule has 4 heterocycles. The molecule has 2 aliphatic carbocycles. The maximum atomic E-state index is 13.3. The largest absolute Gasteiger partial charge is 0.461 e. The van der Waals surface area contributed by atoms with Crippen LogP contribution < -0.4 is 21.3 Å². The first-order valence-corrected chi connectivity index (χ1v) is 34.7. The van der Waals surface area contributed by atoms with E-state index < -0.39 is 129 Å². The van der Waals surface area contributed by atoms with Crippen LogP contribution in [0.25, 0.3) is 0 Å². The Kier molecular flexibility index (Phi) is 31.2. The Morgan fingerprint density at radius 1 is 0.588 bits per heavy atom.